The largest absolute Gasteiger partial charge is 0.480 e. The molecule has 4 N–H and O–H groups in total. The molecule has 36 heavy (non-hydrogen) atoms. The molecule has 3 fully saturated rings. The predicted molar refractivity (Wildman–Crippen MR) is 132 cm³/mol. The summed E-state index contributed by atoms with van der Waals surface area (Å²) in [7, 11) is 0. The zero-order chi connectivity index (χ0) is 26.5. The smallest absolute Gasteiger partial charge is 0.328 e. The van der Waals surface area contributed by atoms with Gasteiger partial charge in [-0.3, -0.25) is 9.59 Å². The van der Waals surface area contributed by atoms with Gasteiger partial charge in [0.15, 0.2) is 18.4 Å². The molecule has 1 amide bonds. The first-order valence-corrected chi connectivity index (χ1v) is 13.2. The van der Waals surface area contributed by atoms with Crippen molar-refractivity contribution in [2.24, 2.45) is 33.7 Å². The summed E-state index contributed by atoms with van der Waals surface area (Å²) in [5.41, 5.74) is 0.622. The Morgan fingerprint density at radius 3 is 2.47 bits per heavy atom. The predicted octanol–water partition coefficient (Wildman–Crippen LogP) is 2.59. The van der Waals surface area contributed by atoms with E-state index in [1.54, 1.807) is 0 Å². The molecule has 9 heteroatoms. The van der Waals surface area contributed by atoms with Crippen LogP contribution in [0, 0.1) is 28.6 Å². The minimum atomic E-state index is -1.40. The topological polar surface area (TPSA) is 146 Å². The summed E-state index contributed by atoms with van der Waals surface area (Å²) >= 11 is 0. The fourth-order valence-electron chi connectivity index (χ4n) is 8.01. The van der Waals surface area contributed by atoms with E-state index in [0.717, 1.165) is 50.7 Å². The van der Waals surface area contributed by atoms with E-state index in [-0.39, 0.29) is 16.6 Å². The number of hydrogen-bond acceptors (Lipinski definition) is 7. The van der Waals surface area contributed by atoms with Gasteiger partial charge in [0.1, 0.15) is 5.60 Å². The number of carboxylic acid groups (broad SMARTS) is 1. The summed E-state index contributed by atoms with van der Waals surface area (Å²) in [4.78, 5) is 40.8. The van der Waals surface area contributed by atoms with Gasteiger partial charge in [0.2, 0.25) is 0 Å². The average molecular weight is 505 g/mol. The van der Waals surface area contributed by atoms with E-state index in [2.05, 4.69) is 30.4 Å². The SMILES string of the molecule is CC(=O)[C@@]1(O)CC[C@H]2[C@@H]3CCC4=C/C(=N\OCC(=O)N[C@H](C(=O)O)[C@@H](C)O)CC[C@]4(C)[C@H]3CC[C@@]21C. The number of nitrogens with zero attached hydrogens (tertiary/aromatic N) is 1. The number of ketones is 1. The number of oxime groups is 1. The van der Waals surface area contributed by atoms with Crippen LogP contribution in [0.3, 0.4) is 0 Å². The summed E-state index contributed by atoms with van der Waals surface area (Å²) in [5.74, 6) is -0.709. The Morgan fingerprint density at radius 1 is 1.14 bits per heavy atom. The van der Waals surface area contributed by atoms with Gasteiger partial charge >= 0.3 is 5.97 Å². The van der Waals surface area contributed by atoms with E-state index in [1.165, 1.54) is 19.4 Å². The van der Waals surface area contributed by atoms with Gasteiger partial charge in [0, 0.05) is 5.41 Å². The molecule has 0 aromatic rings. The quantitative estimate of drug-likeness (QED) is 0.390. The Kier molecular flexibility index (Phi) is 7.11. The van der Waals surface area contributed by atoms with Crippen molar-refractivity contribution in [1.29, 1.82) is 0 Å². The van der Waals surface area contributed by atoms with Crippen molar-refractivity contribution < 1.29 is 34.5 Å². The van der Waals surface area contributed by atoms with Gasteiger partial charge in [-0.1, -0.05) is 24.6 Å². The number of hydrogen-bond donors (Lipinski definition) is 4. The number of carboxylic acids is 1. The second-order valence-electron chi connectivity index (χ2n) is 11.9. The molecule has 0 aromatic carbocycles. The molecule has 8 atom stereocenters. The van der Waals surface area contributed by atoms with Gasteiger partial charge in [-0.05, 0) is 94.5 Å². The molecule has 0 radical (unpaired) electrons. The molecular formula is C27H40N2O7. The van der Waals surface area contributed by atoms with Crippen molar-refractivity contribution in [3.8, 4) is 0 Å². The molecular weight excluding hydrogens is 464 g/mol. The first-order valence-electron chi connectivity index (χ1n) is 13.2. The van der Waals surface area contributed by atoms with E-state index >= 15 is 0 Å². The van der Waals surface area contributed by atoms with Crippen LogP contribution in [0.5, 0.6) is 0 Å². The number of Topliss-reactive ketones (excluding diaryl/α,β-unsaturated/α-hetero) is 1. The van der Waals surface area contributed by atoms with Crippen LogP contribution >= 0.6 is 0 Å². The number of carbonyl (C=O) groups is 3. The summed E-state index contributed by atoms with van der Waals surface area (Å²) in [6.45, 7) is 6.88. The van der Waals surface area contributed by atoms with Gasteiger partial charge in [0.05, 0.1) is 11.8 Å². The van der Waals surface area contributed by atoms with Crippen molar-refractivity contribution in [3.05, 3.63) is 11.6 Å². The van der Waals surface area contributed by atoms with E-state index in [1.807, 2.05) is 0 Å². The molecule has 0 aromatic heterocycles. The Morgan fingerprint density at radius 2 is 1.83 bits per heavy atom. The summed E-state index contributed by atoms with van der Waals surface area (Å²) in [6.07, 6.45) is 7.83. The van der Waals surface area contributed by atoms with Crippen molar-refractivity contribution in [3.63, 3.8) is 0 Å². The number of rotatable bonds is 7. The number of carbonyl (C=O) groups excluding carboxylic acids is 2. The molecule has 0 heterocycles. The molecule has 0 spiro atoms. The van der Waals surface area contributed by atoms with Crippen LogP contribution in [0.4, 0.5) is 0 Å². The second kappa shape index (κ2) is 9.56. The lowest BCUT2D eigenvalue weighted by molar-refractivity contribution is -0.159. The average Bonchev–Trinajstić information content (AvgIpc) is 3.09. The van der Waals surface area contributed by atoms with Crippen LogP contribution in [-0.2, 0) is 19.2 Å². The molecule has 4 rings (SSSR count). The number of nitrogens with one attached hydrogen (secondary N) is 1. The van der Waals surface area contributed by atoms with Crippen LogP contribution in [0.2, 0.25) is 0 Å². The second-order valence-corrected chi connectivity index (χ2v) is 11.9. The van der Waals surface area contributed by atoms with E-state index in [4.69, 9.17) is 9.94 Å². The molecule has 4 aliphatic rings. The molecule has 200 valence electrons. The molecule has 0 unspecified atom stereocenters. The lowest BCUT2D eigenvalue weighted by Gasteiger charge is -2.59. The highest BCUT2D eigenvalue weighted by Crippen LogP contribution is 2.67. The van der Waals surface area contributed by atoms with Crippen molar-refractivity contribution >= 4 is 23.4 Å². The Bertz CT molecular complexity index is 991. The summed E-state index contributed by atoms with van der Waals surface area (Å²) in [5, 5.41) is 36.3. The number of aliphatic hydroxyl groups is 2. The van der Waals surface area contributed by atoms with Crippen LogP contribution in [0.15, 0.2) is 16.8 Å². The molecule has 0 saturated heterocycles. The molecule has 4 aliphatic carbocycles. The van der Waals surface area contributed by atoms with Crippen molar-refractivity contribution in [2.45, 2.75) is 96.8 Å². The zero-order valence-electron chi connectivity index (χ0n) is 21.7. The number of aliphatic carboxylic acids is 1. The Labute approximate surface area is 212 Å². The maximum absolute atomic E-state index is 12.4. The van der Waals surface area contributed by atoms with E-state index < -0.39 is 36.2 Å². The van der Waals surface area contributed by atoms with Gasteiger partial charge < -0.3 is 25.5 Å². The first-order chi connectivity index (χ1) is 16.8. The lowest BCUT2D eigenvalue weighted by Crippen LogP contribution is -2.57. The maximum atomic E-state index is 12.4. The zero-order valence-corrected chi connectivity index (χ0v) is 21.7. The molecule has 0 bridgehead atoms. The van der Waals surface area contributed by atoms with Crippen LogP contribution in [-0.4, -0.2) is 63.0 Å². The van der Waals surface area contributed by atoms with Gasteiger partial charge in [-0.15, -0.1) is 0 Å². The monoisotopic (exact) mass is 504 g/mol. The number of fused-ring (bicyclic) bond motifs is 5. The van der Waals surface area contributed by atoms with Gasteiger partial charge in [-0.25, -0.2) is 4.79 Å². The fraction of sp³-hybridized carbons (Fsp3) is 0.778. The highest BCUT2D eigenvalue weighted by atomic mass is 16.6. The lowest BCUT2D eigenvalue weighted by atomic mass is 9.46. The highest BCUT2D eigenvalue weighted by molar-refractivity contribution is 5.96. The van der Waals surface area contributed by atoms with Crippen LogP contribution in [0.25, 0.3) is 0 Å². The number of allylic oxidation sites excluding steroid dienone is 2. The third-order valence-electron chi connectivity index (χ3n) is 10.2. The Balaban J connectivity index is 1.42. The standard InChI is InChI=1S/C27H40N2O7/c1-15(30)23(24(33)34)28-22(32)14-36-29-18-7-10-25(3)17(13-18)5-6-19-20(25)8-11-26(4)21(19)9-12-27(26,35)16(2)31/h13,15,19-21,23,30,35H,5-12,14H2,1-4H3,(H,28,32)(H,33,34)/b29-18-/t15-,19-,20+,21+,23+,25+,26+,27+/m1/s1. The van der Waals surface area contributed by atoms with Crippen molar-refractivity contribution in [2.75, 3.05) is 6.61 Å². The molecule has 9 nitrogen and oxygen atoms in total. The number of aliphatic hydroxyl groups excluding tert-OH is 1. The molecule has 0 aliphatic heterocycles. The summed E-state index contributed by atoms with van der Waals surface area (Å²) in [6, 6.07) is -1.40. The minimum Gasteiger partial charge on any atom is -0.480 e. The normalized spacial score (nSPS) is 40.2. The van der Waals surface area contributed by atoms with Crippen LogP contribution < -0.4 is 5.32 Å². The van der Waals surface area contributed by atoms with E-state index in [9.17, 15) is 24.6 Å². The van der Waals surface area contributed by atoms with Gasteiger partial charge in [0.25, 0.3) is 5.91 Å². The maximum Gasteiger partial charge on any atom is 0.328 e. The minimum absolute atomic E-state index is 0.0452. The number of amides is 1. The van der Waals surface area contributed by atoms with E-state index in [0.29, 0.717) is 24.2 Å². The Hall–Kier alpha value is -2.26. The third kappa shape index (κ3) is 4.28. The molecule has 3 saturated carbocycles. The first kappa shape index (κ1) is 26.8. The van der Waals surface area contributed by atoms with Crippen molar-refractivity contribution in [1.82, 2.24) is 5.32 Å². The summed E-state index contributed by atoms with van der Waals surface area (Å²) < 4.78 is 0. The van der Waals surface area contributed by atoms with Gasteiger partial charge in [-0.2, -0.15) is 0 Å². The third-order valence-corrected chi connectivity index (χ3v) is 10.2. The van der Waals surface area contributed by atoms with Crippen LogP contribution in [0.1, 0.15) is 79.1 Å². The highest BCUT2D eigenvalue weighted by Gasteiger charge is 2.65. The fourth-order valence-corrected chi connectivity index (χ4v) is 8.01.